The first kappa shape index (κ1) is 12.5. The van der Waals surface area contributed by atoms with E-state index in [1.165, 1.54) is 0 Å². The summed E-state index contributed by atoms with van der Waals surface area (Å²) >= 11 is 0. The van der Waals surface area contributed by atoms with Crippen LogP contribution < -0.4 is 0 Å². The quantitative estimate of drug-likeness (QED) is 0.729. The van der Waals surface area contributed by atoms with Crippen LogP contribution in [-0.4, -0.2) is 35.0 Å². The summed E-state index contributed by atoms with van der Waals surface area (Å²) in [6.07, 6.45) is 1.96. The fraction of sp³-hybridized carbons (Fsp3) is 0.909. The third-order valence-electron chi connectivity index (χ3n) is 3.54. The van der Waals surface area contributed by atoms with Crippen molar-refractivity contribution >= 4 is 5.97 Å². The molecule has 1 unspecified atom stereocenters. The van der Waals surface area contributed by atoms with Gasteiger partial charge in [0.1, 0.15) is 0 Å². The fourth-order valence-electron chi connectivity index (χ4n) is 2.12. The number of ether oxygens (including phenoxy) is 1. The Bertz CT molecular complexity index is 227. The molecule has 2 N–H and O–H groups in total. The Morgan fingerprint density at radius 3 is 2.40 bits per heavy atom. The van der Waals surface area contributed by atoms with Gasteiger partial charge in [0.25, 0.3) is 0 Å². The number of rotatable bonds is 5. The van der Waals surface area contributed by atoms with Gasteiger partial charge in [0.2, 0.25) is 0 Å². The van der Waals surface area contributed by atoms with Crippen LogP contribution in [0.4, 0.5) is 0 Å². The SMILES string of the molecule is CCC(O)(CC)CC1(C(=O)O)CCOC1. The summed E-state index contributed by atoms with van der Waals surface area (Å²) in [4.78, 5) is 11.2. The third kappa shape index (κ3) is 2.49. The molecule has 88 valence electrons. The molecule has 0 amide bonds. The lowest BCUT2D eigenvalue weighted by atomic mass is 9.74. The lowest BCUT2D eigenvalue weighted by Crippen LogP contribution is -2.41. The van der Waals surface area contributed by atoms with E-state index < -0.39 is 17.0 Å². The zero-order valence-corrected chi connectivity index (χ0v) is 9.45. The van der Waals surface area contributed by atoms with Crippen molar-refractivity contribution in [2.75, 3.05) is 13.2 Å². The van der Waals surface area contributed by atoms with Crippen molar-refractivity contribution in [2.24, 2.45) is 5.41 Å². The molecule has 1 saturated heterocycles. The first-order valence-electron chi connectivity index (χ1n) is 5.51. The van der Waals surface area contributed by atoms with Crippen LogP contribution in [0.15, 0.2) is 0 Å². The van der Waals surface area contributed by atoms with Crippen LogP contribution in [0.3, 0.4) is 0 Å². The largest absolute Gasteiger partial charge is 0.481 e. The average Bonchev–Trinajstić information content (AvgIpc) is 2.67. The van der Waals surface area contributed by atoms with Crippen LogP contribution in [0.2, 0.25) is 0 Å². The van der Waals surface area contributed by atoms with Crippen LogP contribution in [0, 0.1) is 5.41 Å². The highest BCUT2D eigenvalue weighted by atomic mass is 16.5. The number of hydrogen-bond acceptors (Lipinski definition) is 3. The van der Waals surface area contributed by atoms with Gasteiger partial charge >= 0.3 is 5.97 Å². The average molecular weight is 216 g/mol. The summed E-state index contributed by atoms with van der Waals surface area (Å²) in [7, 11) is 0. The van der Waals surface area contributed by atoms with Crippen LogP contribution >= 0.6 is 0 Å². The molecule has 0 aromatic rings. The van der Waals surface area contributed by atoms with E-state index in [4.69, 9.17) is 4.74 Å². The topological polar surface area (TPSA) is 66.8 Å². The minimum atomic E-state index is -0.874. The van der Waals surface area contributed by atoms with Gasteiger partial charge in [-0.15, -0.1) is 0 Å². The summed E-state index contributed by atoms with van der Waals surface area (Å²) in [5.74, 6) is -0.847. The Hall–Kier alpha value is -0.610. The molecule has 1 heterocycles. The van der Waals surface area contributed by atoms with Crippen molar-refractivity contribution in [1.29, 1.82) is 0 Å². The maximum Gasteiger partial charge on any atom is 0.312 e. The highest BCUT2D eigenvalue weighted by molar-refractivity contribution is 5.75. The van der Waals surface area contributed by atoms with Gasteiger partial charge < -0.3 is 14.9 Å². The van der Waals surface area contributed by atoms with Gasteiger partial charge in [-0.1, -0.05) is 13.8 Å². The van der Waals surface area contributed by atoms with E-state index in [-0.39, 0.29) is 6.61 Å². The molecule has 1 atom stereocenters. The molecule has 0 bridgehead atoms. The second-order valence-corrected chi connectivity index (χ2v) is 4.50. The van der Waals surface area contributed by atoms with Crippen molar-refractivity contribution in [3.05, 3.63) is 0 Å². The zero-order valence-electron chi connectivity index (χ0n) is 9.45. The third-order valence-corrected chi connectivity index (χ3v) is 3.54. The Kier molecular flexibility index (Phi) is 3.73. The summed E-state index contributed by atoms with van der Waals surface area (Å²) in [5.41, 5.74) is -1.74. The van der Waals surface area contributed by atoms with Crippen molar-refractivity contribution in [1.82, 2.24) is 0 Å². The summed E-state index contributed by atoms with van der Waals surface area (Å²) in [6, 6.07) is 0. The molecule has 0 aromatic carbocycles. The predicted molar refractivity (Wildman–Crippen MR) is 55.7 cm³/mol. The molecule has 4 heteroatoms. The van der Waals surface area contributed by atoms with Gasteiger partial charge in [-0.25, -0.2) is 0 Å². The Balaban J connectivity index is 2.79. The summed E-state index contributed by atoms with van der Waals surface area (Å²) < 4.78 is 5.16. The Labute approximate surface area is 90.2 Å². The van der Waals surface area contributed by atoms with Gasteiger partial charge in [0, 0.05) is 6.61 Å². The molecule has 0 spiro atoms. The molecule has 1 rings (SSSR count). The first-order chi connectivity index (χ1) is 6.98. The van der Waals surface area contributed by atoms with Crippen molar-refractivity contribution in [2.45, 2.75) is 45.1 Å². The van der Waals surface area contributed by atoms with Crippen molar-refractivity contribution < 1.29 is 19.7 Å². The number of aliphatic carboxylic acids is 1. The van der Waals surface area contributed by atoms with Gasteiger partial charge in [0.05, 0.1) is 17.6 Å². The van der Waals surface area contributed by atoms with E-state index in [9.17, 15) is 15.0 Å². The highest BCUT2D eigenvalue weighted by Crippen LogP contribution is 2.39. The van der Waals surface area contributed by atoms with Crippen molar-refractivity contribution in [3.63, 3.8) is 0 Å². The number of carboxylic acids is 1. The first-order valence-corrected chi connectivity index (χ1v) is 5.51. The zero-order chi connectivity index (χ0) is 11.5. The van der Waals surface area contributed by atoms with Crippen LogP contribution in [-0.2, 0) is 9.53 Å². The molecule has 1 aliphatic rings. The smallest absolute Gasteiger partial charge is 0.312 e. The van der Waals surface area contributed by atoms with E-state index in [1.807, 2.05) is 13.8 Å². The molecule has 0 aliphatic carbocycles. The maximum absolute atomic E-state index is 11.2. The minimum absolute atomic E-state index is 0.227. The standard InChI is InChI=1S/C11H20O4/c1-3-11(14,4-2)7-10(9(12)13)5-6-15-8-10/h14H,3-8H2,1-2H3,(H,12,13). The molecule has 0 saturated carbocycles. The van der Waals surface area contributed by atoms with Crippen molar-refractivity contribution in [3.8, 4) is 0 Å². The lowest BCUT2D eigenvalue weighted by molar-refractivity contribution is -0.153. The summed E-state index contributed by atoms with van der Waals surface area (Å²) in [6.45, 7) is 4.48. The van der Waals surface area contributed by atoms with Crippen LogP contribution in [0.5, 0.6) is 0 Å². The van der Waals surface area contributed by atoms with E-state index in [1.54, 1.807) is 0 Å². The molecule has 0 radical (unpaired) electrons. The fourth-order valence-corrected chi connectivity index (χ4v) is 2.12. The van der Waals surface area contributed by atoms with Gasteiger partial charge in [-0.05, 0) is 25.7 Å². The molecular weight excluding hydrogens is 196 g/mol. The molecular formula is C11H20O4. The van der Waals surface area contributed by atoms with E-state index in [0.29, 0.717) is 32.3 Å². The molecule has 1 fully saturated rings. The van der Waals surface area contributed by atoms with Crippen LogP contribution in [0.1, 0.15) is 39.5 Å². The normalized spacial score (nSPS) is 26.9. The molecule has 0 aromatic heterocycles. The van der Waals surface area contributed by atoms with E-state index in [0.717, 1.165) is 0 Å². The highest BCUT2D eigenvalue weighted by Gasteiger charge is 2.47. The van der Waals surface area contributed by atoms with Gasteiger partial charge in [-0.3, -0.25) is 4.79 Å². The van der Waals surface area contributed by atoms with E-state index in [2.05, 4.69) is 0 Å². The number of hydrogen-bond donors (Lipinski definition) is 2. The Morgan fingerprint density at radius 2 is 2.07 bits per heavy atom. The molecule has 1 aliphatic heterocycles. The van der Waals surface area contributed by atoms with Gasteiger partial charge in [0.15, 0.2) is 0 Å². The second-order valence-electron chi connectivity index (χ2n) is 4.50. The molecule has 15 heavy (non-hydrogen) atoms. The van der Waals surface area contributed by atoms with Gasteiger partial charge in [-0.2, -0.15) is 0 Å². The number of carboxylic acid groups (broad SMARTS) is 1. The number of carbonyl (C=O) groups is 1. The lowest BCUT2D eigenvalue weighted by Gasteiger charge is -2.33. The second kappa shape index (κ2) is 4.49. The summed E-state index contributed by atoms with van der Waals surface area (Å²) in [5, 5.41) is 19.4. The van der Waals surface area contributed by atoms with Crippen LogP contribution in [0.25, 0.3) is 0 Å². The maximum atomic E-state index is 11.2. The van der Waals surface area contributed by atoms with E-state index >= 15 is 0 Å². The molecule has 4 nitrogen and oxygen atoms in total. The number of aliphatic hydroxyl groups is 1. The minimum Gasteiger partial charge on any atom is -0.481 e. The predicted octanol–water partition coefficient (Wildman–Crippen LogP) is 1.42. The monoisotopic (exact) mass is 216 g/mol. The Morgan fingerprint density at radius 1 is 1.47 bits per heavy atom.